The van der Waals surface area contributed by atoms with Gasteiger partial charge < -0.3 is 4.84 Å². The van der Waals surface area contributed by atoms with E-state index in [1.165, 1.54) is 0 Å². The standard InChI is InChI=1S/C22H23NO4/c1-15(2)14-17(13-12-16-8-4-3-5-9-16)22(26)27-23-20(24)18-10-6-7-11-19(18)21(23)25/h3-11,15,17H,12-14H2,1-2H3. The highest BCUT2D eigenvalue weighted by Crippen LogP contribution is 2.25. The van der Waals surface area contributed by atoms with E-state index in [-0.39, 0.29) is 17.0 Å². The lowest BCUT2D eigenvalue weighted by molar-refractivity contribution is -0.174. The van der Waals surface area contributed by atoms with E-state index < -0.39 is 17.8 Å². The fourth-order valence-corrected chi connectivity index (χ4v) is 3.30. The number of rotatable bonds is 7. The number of hydrogen-bond acceptors (Lipinski definition) is 4. The number of amides is 2. The van der Waals surface area contributed by atoms with Crippen molar-refractivity contribution in [2.24, 2.45) is 11.8 Å². The Kier molecular flexibility index (Phi) is 5.69. The molecule has 0 spiro atoms. The number of carbonyl (C=O) groups excluding carboxylic acids is 3. The first-order valence-electron chi connectivity index (χ1n) is 9.21. The third-order valence-electron chi connectivity index (χ3n) is 4.65. The van der Waals surface area contributed by atoms with E-state index in [9.17, 15) is 14.4 Å². The van der Waals surface area contributed by atoms with Crippen molar-refractivity contribution in [1.82, 2.24) is 5.06 Å². The minimum atomic E-state index is -0.588. The number of carbonyl (C=O) groups is 3. The molecule has 1 heterocycles. The van der Waals surface area contributed by atoms with Crippen molar-refractivity contribution in [3.05, 3.63) is 71.3 Å². The van der Waals surface area contributed by atoms with Gasteiger partial charge in [-0.1, -0.05) is 61.4 Å². The molecule has 0 saturated carbocycles. The molecule has 5 heteroatoms. The zero-order valence-corrected chi connectivity index (χ0v) is 15.6. The van der Waals surface area contributed by atoms with Gasteiger partial charge in [-0.05, 0) is 42.9 Å². The van der Waals surface area contributed by atoms with E-state index >= 15 is 0 Å². The number of imide groups is 1. The molecule has 0 bridgehead atoms. The second-order valence-electron chi connectivity index (χ2n) is 7.21. The van der Waals surface area contributed by atoms with Gasteiger partial charge in [0.15, 0.2) is 0 Å². The van der Waals surface area contributed by atoms with Crippen LogP contribution in [0.5, 0.6) is 0 Å². The topological polar surface area (TPSA) is 63.7 Å². The van der Waals surface area contributed by atoms with Crippen LogP contribution in [0.4, 0.5) is 0 Å². The number of hydroxylamine groups is 2. The summed E-state index contributed by atoms with van der Waals surface area (Å²) < 4.78 is 0. The van der Waals surface area contributed by atoms with Crippen molar-refractivity contribution in [1.29, 1.82) is 0 Å². The molecule has 0 aromatic heterocycles. The first-order valence-corrected chi connectivity index (χ1v) is 9.21. The van der Waals surface area contributed by atoms with Crippen LogP contribution in [0.25, 0.3) is 0 Å². The van der Waals surface area contributed by atoms with Crippen LogP contribution < -0.4 is 0 Å². The van der Waals surface area contributed by atoms with Crippen molar-refractivity contribution < 1.29 is 19.2 Å². The van der Waals surface area contributed by atoms with Gasteiger partial charge in [0.2, 0.25) is 0 Å². The van der Waals surface area contributed by atoms with Crippen LogP contribution in [0.3, 0.4) is 0 Å². The SMILES string of the molecule is CC(C)CC(CCc1ccccc1)C(=O)ON1C(=O)c2ccccc2C1=O. The van der Waals surface area contributed by atoms with Gasteiger partial charge in [-0.2, -0.15) is 0 Å². The fraction of sp³-hybridized carbons (Fsp3) is 0.318. The van der Waals surface area contributed by atoms with E-state index in [2.05, 4.69) is 0 Å². The summed E-state index contributed by atoms with van der Waals surface area (Å²) in [6.45, 7) is 4.07. The number of hydrogen-bond donors (Lipinski definition) is 0. The highest BCUT2D eigenvalue weighted by atomic mass is 16.7. The second-order valence-corrected chi connectivity index (χ2v) is 7.21. The minimum Gasteiger partial charge on any atom is -0.329 e. The molecule has 3 rings (SSSR count). The Labute approximate surface area is 158 Å². The molecular weight excluding hydrogens is 342 g/mol. The van der Waals surface area contributed by atoms with Crippen molar-refractivity contribution in [2.75, 3.05) is 0 Å². The predicted molar refractivity (Wildman–Crippen MR) is 101 cm³/mol. The van der Waals surface area contributed by atoms with Crippen LogP contribution in [0.1, 0.15) is 53.0 Å². The summed E-state index contributed by atoms with van der Waals surface area (Å²) in [6.07, 6.45) is 1.97. The Bertz CT molecular complexity index is 809. The smallest absolute Gasteiger partial charge is 0.329 e. The number of fused-ring (bicyclic) bond motifs is 1. The maximum atomic E-state index is 12.7. The summed E-state index contributed by atoms with van der Waals surface area (Å²) in [5.41, 5.74) is 1.67. The van der Waals surface area contributed by atoms with E-state index in [1.54, 1.807) is 24.3 Å². The summed E-state index contributed by atoms with van der Waals surface area (Å²) in [5, 5.41) is 0.600. The normalized spacial score (nSPS) is 14.4. The monoisotopic (exact) mass is 365 g/mol. The average Bonchev–Trinajstić information content (AvgIpc) is 2.91. The first-order chi connectivity index (χ1) is 13.0. The van der Waals surface area contributed by atoms with Gasteiger partial charge >= 0.3 is 5.97 Å². The van der Waals surface area contributed by atoms with Gasteiger partial charge in [-0.25, -0.2) is 4.79 Å². The Balaban J connectivity index is 1.69. The fourth-order valence-electron chi connectivity index (χ4n) is 3.30. The summed E-state index contributed by atoms with van der Waals surface area (Å²) in [5.74, 6) is -1.80. The summed E-state index contributed by atoms with van der Waals surface area (Å²) >= 11 is 0. The highest BCUT2D eigenvalue weighted by Gasteiger charge is 2.39. The van der Waals surface area contributed by atoms with Crippen LogP contribution in [0, 0.1) is 11.8 Å². The molecule has 1 atom stereocenters. The van der Waals surface area contributed by atoms with E-state index in [4.69, 9.17) is 4.84 Å². The molecule has 0 aliphatic carbocycles. The molecule has 0 N–H and O–H groups in total. The molecule has 2 aromatic rings. The maximum Gasteiger partial charge on any atom is 0.336 e. The Morgan fingerprint density at radius 1 is 0.926 bits per heavy atom. The zero-order chi connectivity index (χ0) is 19.4. The molecule has 1 aliphatic heterocycles. The number of aryl methyl sites for hydroxylation is 1. The molecule has 140 valence electrons. The average molecular weight is 365 g/mol. The van der Waals surface area contributed by atoms with Gasteiger partial charge in [0.25, 0.3) is 11.8 Å². The minimum absolute atomic E-state index is 0.264. The van der Waals surface area contributed by atoms with Crippen LogP contribution in [-0.4, -0.2) is 22.8 Å². The van der Waals surface area contributed by atoms with Gasteiger partial charge in [0.1, 0.15) is 0 Å². The number of benzene rings is 2. The molecule has 0 fully saturated rings. The molecule has 5 nitrogen and oxygen atoms in total. The van der Waals surface area contributed by atoms with Gasteiger partial charge in [-0.15, -0.1) is 0 Å². The molecular formula is C22H23NO4. The molecule has 1 unspecified atom stereocenters. The molecule has 2 amide bonds. The molecule has 2 aromatic carbocycles. The van der Waals surface area contributed by atoms with Crippen LogP contribution in [-0.2, 0) is 16.1 Å². The molecule has 1 aliphatic rings. The molecule has 0 saturated heterocycles. The van der Waals surface area contributed by atoms with Crippen molar-refractivity contribution in [3.63, 3.8) is 0 Å². The lowest BCUT2D eigenvalue weighted by Crippen LogP contribution is -2.35. The van der Waals surface area contributed by atoms with Gasteiger partial charge in [0, 0.05) is 0 Å². The third kappa shape index (κ3) is 4.25. The summed E-state index contributed by atoms with van der Waals surface area (Å²) in [4.78, 5) is 42.8. The van der Waals surface area contributed by atoms with Gasteiger partial charge in [-0.3, -0.25) is 9.59 Å². The maximum absolute atomic E-state index is 12.7. The summed E-state index contributed by atoms with van der Waals surface area (Å²) in [7, 11) is 0. The van der Waals surface area contributed by atoms with Crippen molar-refractivity contribution in [2.45, 2.75) is 33.1 Å². The van der Waals surface area contributed by atoms with E-state index in [1.807, 2.05) is 44.2 Å². The quantitative estimate of drug-likeness (QED) is 0.695. The van der Waals surface area contributed by atoms with E-state index in [0.29, 0.717) is 23.8 Å². The zero-order valence-electron chi connectivity index (χ0n) is 15.6. The second kappa shape index (κ2) is 8.16. The largest absolute Gasteiger partial charge is 0.336 e. The predicted octanol–water partition coefficient (Wildman–Crippen LogP) is 4.04. The van der Waals surface area contributed by atoms with Crippen LogP contribution in [0.15, 0.2) is 54.6 Å². The van der Waals surface area contributed by atoms with Crippen molar-refractivity contribution >= 4 is 17.8 Å². The Hall–Kier alpha value is -2.95. The number of nitrogens with zero attached hydrogens (tertiary/aromatic N) is 1. The third-order valence-corrected chi connectivity index (χ3v) is 4.65. The van der Waals surface area contributed by atoms with Crippen molar-refractivity contribution in [3.8, 4) is 0 Å². The summed E-state index contributed by atoms with van der Waals surface area (Å²) in [6, 6.07) is 16.4. The van der Waals surface area contributed by atoms with Gasteiger partial charge in [0.05, 0.1) is 17.0 Å². The van der Waals surface area contributed by atoms with Crippen LogP contribution >= 0.6 is 0 Å². The lowest BCUT2D eigenvalue weighted by atomic mass is 9.91. The lowest BCUT2D eigenvalue weighted by Gasteiger charge is -2.20. The highest BCUT2D eigenvalue weighted by molar-refractivity contribution is 6.20. The molecule has 0 radical (unpaired) electrons. The Morgan fingerprint density at radius 3 is 2.04 bits per heavy atom. The molecule has 27 heavy (non-hydrogen) atoms. The van der Waals surface area contributed by atoms with Crippen LogP contribution in [0.2, 0.25) is 0 Å². The van der Waals surface area contributed by atoms with E-state index in [0.717, 1.165) is 12.0 Å². The Morgan fingerprint density at radius 2 is 1.48 bits per heavy atom. The first kappa shape index (κ1) is 18.8.